The molecule has 1 heterocycles. The molecular weight excluding hydrogens is 266 g/mol. The molecule has 0 aliphatic carbocycles. The lowest BCUT2D eigenvalue weighted by molar-refractivity contribution is 0.0403. The second-order valence-corrected chi connectivity index (χ2v) is 5.35. The number of rotatable bonds is 5. The number of methoxy groups -OCH3 is 1. The Bertz CT molecular complexity index is 441. The van der Waals surface area contributed by atoms with Crippen molar-refractivity contribution in [3.8, 4) is 0 Å². The van der Waals surface area contributed by atoms with Crippen LogP contribution >= 0.6 is 0 Å². The van der Waals surface area contributed by atoms with Crippen LogP contribution in [-0.4, -0.2) is 40.1 Å². The summed E-state index contributed by atoms with van der Waals surface area (Å²) in [6, 6.07) is -0.638. The minimum absolute atomic E-state index is 0.0145. The van der Waals surface area contributed by atoms with Crippen molar-refractivity contribution in [1.82, 2.24) is 15.5 Å². The van der Waals surface area contributed by atoms with E-state index in [0.29, 0.717) is 0 Å². The van der Waals surface area contributed by atoms with Crippen LogP contribution in [0.1, 0.15) is 45.6 Å². The van der Waals surface area contributed by atoms with Crippen LogP contribution < -0.4 is 5.32 Å². The van der Waals surface area contributed by atoms with E-state index in [0.717, 1.165) is 0 Å². The van der Waals surface area contributed by atoms with Crippen molar-refractivity contribution in [3.63, 3.8) is 0 Å². The molecule has 2 atom stereocenters. The molecule has 8 nitrogen and oxygen atoms in total. The maximum atomic E-state index is 11.6. The fourth-order valence-corrected chi connectivity index (χ4v) is 1.35. The minimum atomic E-state index is -1.12. The van der Waals surface area contributed by atoms with Gasteiger partial charge in [0.25, 0.3) is 0 Å². The van der Waals surface area contributed by atoms with Gasteiger partial charge in [0.05, 0.1) is 6.04 Å². The van der Waals surface area contributed by atoms with E-state index in [1.807, 2.05) is 0 Å². The Labute approximate surface area is 117 Å². The highest BCUT2D eigenvalue weighted by Gasteiger charge is 2.26. The highest BCUT2D eigenvalue weighted by Crippen LogP contribution is 2.16. The summed E-state index contributed by atoms with van der Waals surface area (Å²) < 4.78 is 15.1. The lowest BCUT2D eigenvalue weighted by Crippen LogP contribution is -2.40. The van der Waals surface area contributed by atoms with Crippen molar-refractivity contribution in [2.24, 2.45) is 0 Å². The molecule has 0 aromatic carbocycles. The van der Waals surface area contributed by atoms with Crippen molar-refractivity contribution in [3.05, 3.63) is 11.8 Å². The molecule has 2 N–H and O–H groups in total. The summed E-state index contributed by atoms with van der Waals surface area (Å²) in [5, 5.41) is 19.9. The van der Waals surface area contributed by atoms with Crippen molar-refractivity contribution in [2.45, 2.75) is 52.0 Å². The molecule has 0 saturated carbocycles. The molecule has 114 valence electrons. The van der Waals surface area contributed by atoms with Crippen molar-refractivity contribution in [2.75, 3.05) is 7.11 Å². The third kappa shape index (κ3) is 5.14. The molecule has 1 aromatic rings. The first-order chi connectivity index (χ1) is 9.23. The summed E-state index contributed by atoms with van der Waals surface area (Å²) in [5.74, 6) is 0.270. The first-order valence-corrected chi connectivity index (χ1v) is 6.21. The molecule has 0 aliphatic heterocycles. The monoisotopic (exact) mass is 287 g/mol. The van der Waals surface area contributed by atoms with Gasteiger partial charge in [0.15, 0.2) is 6.10 Å². The van der Waals surface area contributed by atoms with Gasteiger partial charge < -0.3 is 24.3 Å². The van der Waals surface area contributed by atoms with Gasteiger partial charge in [-0.15, -0.1) is 10.2 Å². The average molecular weight is 287 g/mol. The van der Waals surface area contributed by atoms with Crippen molar-refractivity contribution >= 4 is 6.09 Å². The zero-order valence-electron chi connectivity index (χ0n) is 12.3. The Hall–Kier alpha value is -1.67. The lowest BCUT2D eigenvalue weighted by atomic mass is 10.2. The molecule has 1 unspecified atom stereocenters. The summed E-state index contributed by atoms with van der Waals surface area (Å²) in [4.78, 5) is 11.6. The molecule has 1 rings (SSSR count). The maximum absolute atomic E-state index is 11.6. The number of hydrogen-bond acceptors (Lipinski definition) is 7. The van der Waals surface area contributed by atoms with E-state index in [2.05, 4.69) is 15.5 Å². The number of aliphatic hydroxyl groups excluding tert-OH is 1. The topological polar surface area (TPSA) is 107 Å². The number of hydrogen-bond donors (Lipinski definition) is 2. The number of amides is 1. The van der Waals surface area contributed by atoms with Gasteiger partial charge in [-0.25, -0.2) is 4.79 Å². The highest BCUT2D eigenvalue weighted by atomic mass is 16.6. The van der Waals surface area contributed by atoms with E-state index >= 15 is 0 Å². The Balaban J connectivity index is 2.57. The predicted octanol–water partition coefficient (Wildman–Crippen LogP) is 1.16. The van der Waals surface area contributed by atoms with Gasteiger partial charge in [-0.2, -0.15) is 0 Å². The number of aromatic nitrogens is 2. The summed E-state index contributed by atoms with van der Waals surface area (Å²) in [6.07, 6.45) is -1.75. The standard InChI is InChI=1S/C12H21N3O5/c1-7(13-11(17)20-12(2,3)4)9(16)10-15-14-8(19-10)6-18-5/h7,9,16H,6H2,1-5H3,(H,13,17)/t7?,9-/m0/s1. The Morgan fingerprint density at radius 1 is 1.45 bits per heavy atom. The van der Waals surface area contributed by atoms with Crippen LogP contribution in [0.3, 0.4) is 0 Å². The Kier molecular flexibility index (Phi) is 5.46. The fourth-order valence-electron chi connectivity index (χ4n) is 1.35. The number of nitrogens with zero attached hydrogens (tertiary/aromatic N) is 2. The number of carbonyl (C=O) groups is 1. The van der Waals surface area contributed by atoms with Crippen LogP contribution in [0.5, 0.6) is 0 Å². The van der Waals surface area contributed by atoms with Gasteiger partial charge in [0, 0.05) is 7.11 Å². The van der Waals surface area contributed by atoms with Crippen molar-refractivity contribution in [1.29, 1.82) is 0 Å². The smallest absolute Gasteiger partial charge is 0.407 e. The number of nitrogens with one attached hydrogen (secondary N) is 1. The molecule has 0 radical (unpaired) electrons. The summed E-state index contributed by atoms with van der Waals surface area (Å²) in [6.45, 7) is 7.02. The van der Waals surface area contributed by atoms with E-state index in [4.69, 9.17) is 13.9 Å². The quantitative estimate of drug-likeness (QED) is 0.836. The van der Waals surface area contributed by atoms with Gasteiger partial charge in [-0.05, 0) is 27.7 Å². The summed E-state index contributed by atoms with van der Waals surface area (Å²) in [7, 11) is 1.49. The average Bonchev–Trinajstić information content (AvgIpc) is 2.74. The minimum Gasteiger partial charge on any atom is -0.444 e. The zero-order chi connectivity index (χ0) is 15.3. The fraction of sp³-hybridized carbons (Fsp3) is 0.750. The van der Waals surface area contributed by atoms with Gasteiger partial charge in [-0.1, -0.05) is 0 Å². The summed E-state index contributed by atoms with van der Waals surface area (Å²) in [5.41, 5.74) is -0.606. The van der Waals surface area contributed by atoms with Crippen LogP contribution in [0, 0.1) is 0 Å². The first kappa shape index (κ1) is 16.4. The normalized spacial score (nSPS) is 14.7. The Morgan fingerprint density at radius 2 is 2.10 bits per heavy atom. The zero-order valence-corrected chi connectivity index (χ0v) is 12.3. The molecule has 0 spiro atoms. The summed E-state index contributed by atoms with van der Waals surface area (Å²) >= 11 is 0. The van der Waals surface area contributed by atoms with E-state index in [-0.39, 0.29) is 18.4 Å². The Morgan fingerprint density at radius 3 is 2.65 bits per heavy atom. The predicted molar refractivity (Wildman–Crippen MR) is 68.8 cm³/mol. The molecular formula is C12H21N3O5. The highest BCUT2D eigenvalue weighted by molar-refractivity contribution is 5.68. The number of aliphatic hydroxyl groups is 1. The van der Waals surface area contributed by atoms with E-state index < -0.39 is 23.8 Å². The van der Waals surface area contributed by atoms with Crippen LogP contribution in [0.2, 0.25) is 0 Å². The number of alkyl carbamates (subject to hydrolysis) is 1. The SMILES string of the molecule is COCc1nnc([C@@H](O)C(C)NC(=O)OC(C)(C)C)o1. The maximum Gasteiger partial charge on any atom is 0.407 e. The third-order valence-electron chi connectivity index (χ3n) is 2.22. The molecule has 0 saturated heterocycles. The van der Waals surface area contributed by atoms with E-state index in [1.54, 1.807) is 27.7 Å². The van der Waals surface area contributed by atoms with E-state index in [1.165, 1.54) is 7.11 Å². The molecule has 0 fully saturated rings. The van der Waals surface area contributed by atoms with Gasteiger partial charge in [-0.3, -0.25) is 0 Å². The van der Waals surface area contributed by atoms with Crippen LogP contribution in [0.4, 0.5) is 4.79 Å². The van der Waals surface area contributed by atoms with Gasteiger partial charge >= 0.3 is 6.09 Å². The molecule has 1 aromatic heterocycles. The van der Waals surface area contributed by atoms with Crippen LogP contribution in [0.25, 0.3) is 0 Å². The number of carbonyl (C=O) groups excluding carboxylic acids is 1. The van der Waals surface area contributed by atoms with E-state index in [9.17, 15) is 9.90 Å². The van der Waals surface area contributed by atoms with Crippen LogP contribution in [-0.2, 0) is 16.1 Å². The second-order valence-electron chi connectivity index (χ2n) is 5.35. The van der Waals surface area contributed by atoms with Crippen molar-refractivity contribution < 1.29 is 23.8 Å². The second kappa shape index (κ2) is 6.67. The molecule has 0 bridgehead atoms. The molecule has 20 heavy (non-hydrogen) atoms. The molecule has 8 heteroatoms. The van der Waals surface area contributed by atoms with Crippen LogP contribution in [0.15, 0.2) is 4.42 Å². The molecule has 0 aliphatic rings. The first-order valence-electron chi connectivity index (χ1n) is 6.21. The van der Waals surface area contributed by atoms with Gasteiger partial charge in [0.2, 0.25) is 11.8 Å². The number of ether oxygens (including phenoxy) is 2. The molecule has 1 amide bonds. The largest absolute Gasteiger partial charge is 0.444 e. The third-order valence-corrected chi connectivity index (χ3v) is 2.22. The lowest BCUT2D eigenvalue weighted by Gasteiger charge is -2.23. The van der Waals surface area contributed by atoms with Gasteiger partial charge in [0.1, 0.15) is 12.2 Å².